The second-order valence-electron chi connectivity index (χ2n) is 5.01. The van der Waals surface area contributed by atoms with E-state index >= 15 is 0 Å². The van der Waals surface area contributed by atoms with E-state index in [0.29, 0.717) is 0 Å². The molecule has 5 heteroatoms. The van der Waals surface area contributed by atoms with Crippen molar-refractivity contribution in [2.75, 3.05) is 5.32 Å². The first-order valence-electron chi connectivity index (χ1n) is 7.10. The van der Waals surface area contributed by atoms with E-state index in [1.54, 1.807) is 6.33 Å². The highest BCUT2D eigenvalue weighted by molar-refractivity contribution is 5.73. The summed E-state index contributed by atoms with van der Waals surface area (Å²) < 4.78 is 4.10. The van der Waals surface area contributed by atoms with Gasteiger partial charge in [-0.1, -0.05) is 12.1 Å². The minimum absolute atomic E-state index is 0.794. The predicted octanol–water partition coefficient (Wildman–Crippen LogP) is 2.92. The Morgan fingerprint density at radius 2 is 2.05 bits per heavy atom. The van der Waals surface area contributed by atoms with Gasteiger partial charge in [-0.15, -0.1) is 10.2 Å². The molecule has 3 aromatic rings. The van der Waals surface area contributed by atoms with E-state index < -0.39 is 0 Å². The SMILES string of the molecule is CCn1ccc(CNc2ccccc2-c2nncn2C)c1. The molecule has 0 bridgehead atoms. The third kappa shape index (κ3) is 2.81. The van der Waals surface area contributed by atoms with Crippen molar-refractivity contribution in [2.24, 2.45) is 7.05 Å². The Labute approximate surface area is 124 Å². The summed E-state index contributed by atoms with van der Waals surface area (Å²) >= 11 is 0. The largest absolute Gasteiger partial charge is 0.380 e. The molecule has 0 aliphatic heterocycles. The first-order valence-corrected chi connectivity index (χ1v) is 7.10. The molecule has 0 amide bonds. The monoisotopic (exact) mass is 281 g/mol. The average molecular weight is 281 g/mol. The fourth-order valence-electron chi connectivity index (χ4n) is 2.35. The minimum Gasteiger partial charge on any atom is -0.380 e. The number of aryl methyl sites for hydroxylation is 2. The fraction of sp³-hybridized carbons (Fsp3) is 0.250. The van der Waals surface area contributed by atoms with E-state index in [0.717, 1.165) is 30.2 Å². The Kier molecular flexibility index (Phi) is 3.73. The topological polar surface area (TPSA) is 47.7 Å². The van der Waals surface area contributed by atoms with Crippen LogP contribution in [0.3, 0.4) is 0 Å². The van der Waals surface area contributed by atoms with Gasteiger partial charge in [0.25, 0.3) is 0 Å². The van der Waals surface area contributed by atoms with E-state index in [2.05, 4.69) is 57.6 Å². The summed E-state index contributed by atoms with van der Waals surface area (Å²) in [6, 6.07) is 10.3. The van der Waals surface area contributed by atoms with Crippen LogP contribution in [0, 0.1) is 0 Å². The second-order valence-corrected chi connectivity index (χ2v) is 5.01. The number of nitrogens with zero attached hydrogens (tertiary/aromatic N) is 4. The number of benzene rings is 1. The van der Waals surface area contributed by atoms with Gasteiger partial charge in [-0.05, 0) is 30.7 Å². The molecule has 2 heterocycles. The van der Waals surface area contributed by atoms with Gasteiger partial charge in [-0.3, -0.25) is 0 Å². The van der Waals surface area contributed by atoms with Crippen molar-refractivity contribution in [3.63, 3.8) is 0 Å². The zero-order valence-corrected chi connectivity index (χ0v) is 12.3. The molecule has 2 aromatic heterocycles. The number of para-hydroxylation sites is 1. The van der Waals surface area contributed by atoms with Crippen molar-refractivity contribution in [1.82, 2.24) is 19.3 Å². The van der Waals surface area contributed by atoms with E-state index in [4.69, 9.17) is 0 Å². The molecule has 0 unspecified atom stereocenters. The molecule has 3 rings (SSSR count). The lowest BCUT2D eigenvalue weighted by Crippen LogP contribution is -2.02. The molecule has 0 spiro atoms. The third-order valence-corrected chi connectivity index (χ3v) is 3.54. The van der Waals surface area contributed by atoms with Crippen LogP contribution < -0.4 is 5.32 Å². The maximum absolute atomic E-state index is 4.19. The summed E-state index contributed by atoms with van der Waals surface area (Å²) in [5.41, 5.74) is 3.40. The Bertz CT molecular complexity index is 726. The lowest BCUT2D eigenvalue weighted by molar-refractivity contribution is 0.766. The normalized spacial score (nSPS) is 10.8. The van der Waals surface area contributed by atoms with Crippen LogP contribution in [-0.2, 0) is 20.1 Å². The van der Waals surface area contributed by atoms with Crippen molar-refractivity contribution >= 4 is 5.69 Å². The van der Waals surface area contributed by atoms with Crippen LogP contribution in [0.15, 0.2) is 49.1 Å². The molecular formula is C16H19N5. The number of aromatic nitrogens is 4. The van der Waals surface area contributed by atoms with Crippen molar-refractivity contribution < 1.29 is 0 Å². The molecule has 108 valence electrons. The van der Waals surface area contributed by atoms with Crippen molar-refractivity contribution in [1.29, 1.82) is 0 Å². The van der Waals surface area contributed by atoms with Gasteiger partial charge in [-0.25, -0.2) is 0 Å². The summed E-state index contributed by atoms with van der Waals surface area (Å²) in [6.45, 7) is 3.93. The maximum atomic E-state index is 4.19. The molecule has 0 saturated carbocycles. The van der Waals surface area contributed by atoms with Crippen LogP contribution in [0.25, 0.3) is 11.4 Å². The lowest BCUT2D eigenvalue weighted by Gasteiger charge is -2.10. The van der Waals surface area contributed by atoms with Gasteiger partial charge in [-0.2, -0.15) is 0 Å². The number of rotatable bonds is 5. The lowest BCUT2D eigenvalue weighted by atomic mass is 10.1. The third-order valence-electron chi connectivity index (χ3n) is 3.54. The van der Waals surface area contributed by atoms with Gasteiger partial charge in [0.1, 0.15) is 6.33 Å². The highest BCUT2D eigenvalue weighted by Gasteiger charge is 2.09. The highest BCUT2D eigenvalue weighted by Crippen LogP contribution is 2.25. The van der Waals surface area contributed by atoms with Crippen LogP contribution in [0.1, 0.15) is 12.5 Å². The highest BCUT2D eigenvalue weighted by atomic mass is 15.2. The summed E-state index contributed by atoms with van der Waals surface area (Å²) in [7, 11) is 1.95. The van der Waals surface area contributed by atoms with Crippen molar-refractivity contribution in [2.45, 2.75) is 20.0 Å². The molecule has 0 aliphatic carbocycles. The average Bonchev–Trinajstić information content (AvgIpc) is 3.14. The van der Waals surface area contributed by atoms with Crippen LogP contribution >= 0.6 is 0 Å². The van der Waals surface area contributed by atoms with Gasteiger partial charge in [0.15, 0.2) is 5.82 Å². The van der Waals surface area contributed by atoms with Crippen molar-refractivity contribution in [3.05, 3.63) is 54.6 Å². The molecule has 0 saturated heterocycles. The Balaban J connectivity index is 1.81. The van der Waals surface area contributed by atoms with Crippen LogP contribution in [0.5, 0.6) is 0 Å². The number of nitrogens with one attached hydrogen (secondary N) is 1. The summed E-state index contributed by atoms with van der Waals surface area (Å²) in [5, 5.41) is 11.6. The Morgan fingerprint density at radius 3 is 2.76 bits per heavy atom. The zero-order chi connectivity index (χ0) is 14.7. The number of hydrogen-bond donors (Lipinski definition) is 1. The van der Waals surface area contributed by atoms with E-state index in [9.17, 15) is 0 Å². The smallest absolute Gasteiger partial charge is 0.165 e. The maximum Gasteiger partial charge on any atom is 0.165 e. The minimum atomic E-state index is 0.794. The van der Waals surface area contributed by atoms with Crippen molar-refractivity contribution in [3.8, 4) is 11.4 Å². The van der Waals surface area contributed by atoms with E-state index in [1.807, 2.05) is 23.7 Å². The molecule has 1 N–H and O–H groups in total. The van der Waals surface area contributed by atoms with E-state index in [1.165, 1.54) is 5.56 Å². The molecule has 0 aliphatic rings. The number of hydrogen-bond acceptors (Lipinski definition) is 3. The first-order chi connectivity index (χ1) is 10.3. The van der Waals surface area contributed by atoms with Crippen LogP contribution in [0.2, 0.25) is 0 Å². The summed E-state index contributed by atoms with van der Waals surface area (Å²) in [6.07, 6.45) is 5.98. The van der Waals surface area contributed by atoms with Crippen LogP contribution in [-0.4, -0.2) is 19.3 Å². The van der Waals surface area contributed by atoms with Gasteiger partial charge in [0.05, 0.1) is 0 Å². The molecule has 0 radical (unpaired) electrons. The van der Waals surface area contributed by atoms with Gasteiger partial charge in [0, 0.05) is 43.8 Å². The molecule has 0 atom stereocenters. The molecule has 0 fully saturated rings. The summed E-state index contributed by atoms with van der Waals surface area (Å²) in [4.78, 5) is 0. The predicted molar refractivity (Wildman–Crippen MR) is 83.9 cm³/mol. The Morgan fingerprint density at radius 1 is 1.19 bits per heavy atom. The van der Waals surface area contributed by atoms with Gasteiger partial charge < -0.3 is 14.5 Å². The Hall–Kier alpha value is -2.56. The fourth-order valence-corrected chi connectivity index (χ4v) is 2.35. The first kappa shape index (κ1) is 13.4. The number of anilines is 1. The van der Waals surface area contributed by atoms with Gasteiger partial charge in [0.2, 0.25) is 0 Å². The second kappa shape index (κ2) is 5.83. The molecule has 21 heavy (non-hydrogen) atoms. The molecular weight excluding hydrogens is 262 g/mol. The standard InChI is InChI=1S/C16H19N5/c1-3-21-9-8-13(11-21)10-17-15-7-5-4-6-14(15)16-19-18-12-20(16)2/h4-9,11-12,17H,3,10H2,1-2H3. The van der Waals surface area contributed by atoms with E-state index in [-0.39, 0.29) is 0 Å². The molecule has 5 nitrogen and oxygen atoms in total. The van der Waals surface area contributed by atoms with Gasteiger partial charge >= 0.3 is 0 Å². The van der Waals surface area contributed by atoms with Crippen LogP contribution in [0.4, 0.5) is 5.69 Å². The summed E-state index contributed by atoms with van der Waals surface area (Å²) in [5.74, 6) is 0.865. The zero-order valence-electron chi connectivity index (χ0n) is 12.3. The quantitative estimate of drug-likeness (QED) is 0.782. The molecule has 1 aromatic carbocycles.